The molecule has 0 aliphatic rings. The van der Waals surface area contributed by atoms with Crippen molar-refractivity contribution in [2.45, 2.75) is 89.9 Å². The first kappa shape index (κ1) is 19.9. The van der Waals surface area contributed by atoms with E-state index in [1.807, 2.05) is 0 Å². The van der Waals surface area contributed by atoms with Crippen LogP contribution in [0.5, 0.6) is 0 Å². The Labute approximate surface area is 128 Å². The van der Waals surface area contributed by atoms with Gasteiger partial charge in [0.05, 0.1) is 0 Å². The van der Waals surface area contributed by atoms with Gasteiger partial charge in [-0.15, -0.1) is 0 Å². The lowest BCUT2D eigenvalue weighted by Crippen LogP contribution is -2.17. The van der Waals surface area contributed by atoms with Crippen molar-refractivity contribution in [1.82, 2.24) is 5.48 Å². The summed E-state index contributed by atoms with van der Waals surface area (Å²) in [4.78, 5) is 21.1. The predicted octanol–water partition coefficient (Wildman–Crippen LogP) is 4.04. The maximum Gasteiger partial charge on any atom is 0.303 e. The first-order chi connectivity index (χ1) is 10.2. The second-order valence-electron chi connectivity index (χ2n) is 5.67. The number of amides is 1. The van der Waals surface area contributed by atoms with Crippen LogP contribution in [0.15, 0.2) is 0 Å². The van der Waals surface area contributed by atoms with Crippen molar-refractivity contribution in [2.75, 3.05) is 0 Å². The fraction of sp³-hybridized carbons (Fsp3) is 0.875. The lowest BCUT2D eigenvalue weighted by Gasteiger charge is -2.03. The molecule has 124 valence electrons. The molecule has 3 N–H and O–H groups in total. The molecule has 0 heterocycles. The molecule has 0 aromatic carbocycles. The van der Waals surface area contributed by atoms with Gasteiger partial charge in [0.2, 0.25) is 5.91 Å². The van der Waals surface area contributed by atoms with Crippen LogP contribution in [0.4, 0.5) is 0 Å². The molecular weight excluding hydrogens is 270 g/mol. The highest BCUT2D eigenvalue weighted by molar-refractivity contribution is 5.74. The van der Waals surface area contributed by atoms with Gasteiger partial charge < -0.3 is 5.11 Å². The van der Waals surface area contributed by atoms with Crippen molar-refractivity contribution < 1.29 is 19.9 Å². The number of rotatable bonds is 15. The second-order valence-corrected chi connectivity index (χ2v) is 5.67. The molecule has 1 amide bonds. The van der Waals surface area contributed by atoms with Crippen molar-refractivity contribution in [1.29, 1.82) is 0 Å². The summed E-state index contributed by atoms with van der Waals surface area (Å²) in [6, 6.07) is 0. The molecule has 0 radical (unpaired) electrons. The van der Waals surface area contributed by atoms with E-state index in [4.69, 9.17) is 10.3 Å². The number of carbonyl (C=O) groups excluding carboxylic acids is 1. The Morgan fingerprint density at radius 1 is 0.619 bits per heavy atom. The Morgan fingerprint density at radius 3 is 1.29 bits per heavy atom. The number of unbranched alkanes of at least 4 members (excludes halogenated alkanes) is 11. The van der Waals surface area contributed by atoms with E-state index in [1.165, 1.54) is 38.5 Å². The maximum atomic E-state index is 10.8. The van der Waals surface area contributed by atoms with Crippen LogP contribution in [-0.4, -0.2) is 22.2 Å². The van der Waals surface area contributed by atoms with E-state index in [9.17, 15) is 9.59 Å². The Kier molecular flexibility index (Phi) is 14.5. The molecule has 0 spiro atoms. The smallest absolute Gasteiger partial charge is 0.303 e. The molecule has 0 fully saturated rings. The third-order valence-electron chi connectivity index (χ3n) is 3.67. The van der Waals surface area contributed by atoms with E-state index in [0.29, 0.717) is 12.8 Å². The van der Waals surface area contributed by atoms with E-state index >= 15 is 0 Å². The zero-order valence-corrected chi connectivity index (χ0v) is 13.1. The number of carbonyl (C=O) groups is 2. The molecule has 0 unspecified atom stereocenters. The molecule has 21 heavy (non-hydrogen) atoms. The molecule has 0 aliphatic carbocycles. The van der Waals surface area contributed by atoms with Gasteiger partial charge in [-0.2, -0.15) is 0 Å². The zero-order chi connectivity index (χ0) is 15.8. The van der Waals surface area contributed by atoms with Gasteiger partial charge in [0.15, 0.2) is 0 Å². The monoisotopic (exact) mass is 301 g/mol. The quantitative estimate of drug-likeness (QED) is 0.242. The minimum Gasteiger partial charge on any atom is -0.481 e. The van der Waals surface area contributed by atoms with E-state index in [2.05, 4.69) is 0 Å². The van der Waals surface area contributed by atoms with Gasteiger partial charge in [0.1, 0.15) is 0 Å². The van der Waals surface area contributed by atoms with Crippen LogP contribution in [0.25, 0.3) is 0 Å². The van der Waals surface area contributed by atoms with Crippen molar-refractivity contribution in [3.8, 4) is 0 Å². The van der Waals surface area contributed by atoms with Gasteiger partial charge in [0, 0.05) is 12.8 Å². The van der Waals surface area contributed by atoms with Crippen LogP contribution in [0.3, 0.4) is 0 Å². The second kappa shape index (κ2) is 15.3. The van der Waals surface area contributed by atoms with E-state index in [0.717, 1.165) is 38.5 Å². The summed E-state index contributed by atoms with van der Waals surface area (Å²) in [5.41, 5.74) is 1.65. The molecule has 0 saturated heterocycles. The van der Waals surface area contributed by atoms with E-state index < -0.39 is 5.97 Å². The lowest BCUT2D eigenvalue weighted by atomic mass is 10.0. The van der Waals surface area contributed by atoms with Crippen molar-refractivity contribution in [2.24, 2.45) is 0 Å². The molecule has 5 heteroatoms. The van der Waals surface area contributed by atoms with Gasteiger partial charge in [0.25, 0.3) is 0 Å². The van der Waals surface area contributed by atoms with Crippen molar-refractivity contribution in [3.05, 3.63) is 0 Å². The Hall–Kier alpha value is -1.10. The highest BCUT2D eigenvalue weighted by Gasteiger charge is 1.99. The minimum absolute atomic E-state index is 0.293. The number of carboxylic acids is 1. The van der Waals surface area contributed by atoms with Gasteiger partial charge in [-0.05, 0) is 12.8 Å². The predicted molar refractivity (Wildman–Crippen MR) is 82.2 cm³/mol. The number of nitrogens with one attached hydrogen (secondary N) is 1. The zero-order valence-electron chi connectivity index (χ0n) is 13.1. The maximum absolute atomic E-state index is 10.8. The first-order valence-corrected chi connectivity index (χ1v) is 8.31. The van der Waals surface area contributed by atoms with Gasteiger partial charge in [-0.3, -0.25) is 14.8 Å². The molecule has 0 aliphatic heterocycles. The molecule has 0 rings (SSSR count). The third kappa shape index (κ3) is 16.8. The number of hydroxylamine groups is 1. The summed E-state index contributed by atoms with van der Waals surface area (Å²) in [7, 11) is 0. The number of aliphatic carboxylic acids is 1. The van der Waals surface area contributed by atoms with Gasteiger partial charge in [-0.1, -0.05) is 64.2 Å². The molecule has 0 bridgehead atoms. The van der Waals surface area contributed by atoms with Crippen LogP contribution in [-0.2, 0) is 9.59 Å². The Bertz CT molecular complexity index is 269. The lowest BCUT2D eigenvalue weighted by molar-refractivity contribution is -0.137. The Balaban J connectivity index is 3.02. The van der Waals surface area contributed by atoms with E-state index in [1.54, 1.807) is 5.48 Å². The largest absolute Gasteiger partial charge is 0.481 e. The van der Waals surface area contributed by atoms with Crippen LogP contribution in [0, 0.1) is 0 Å². The average Bonchev–Trinajstić information content (AvgIpc) is 2.46. The summed E-state index contributed by atoms with van der Waals surface area (Å²) in [5.74, 6) is -0.981. The molecule has 0 atom stereocenters. The normalized spacial score (nSPS) is 10.5. The third-order valence-corrected chi connectivity index (χ3v) is 3.67. The van der Waals surface area contributed by atoms with E-state index in [-0.39, 0.29) is 5.91 Å². The number of hydrogen-bond acceptors (Lipinski definition) is 3. The molecule has 5 nitrogen and oxygen atoms in total. The average molecular weight is 301 g/mol. The SMILES string of the molecule is O=C(O)CCCCCCCCCCCCCCC(=O)NO. The van der Waals surface area contributed by atoms with Crippen LogP contribution >= 0.6 is 0 Å². The summed E-state index contributed by atoms with van der Waals surface area (Å²) < 4.78 is 0. The first-order valence-electron chi connectivity index (χ1n) is 8.31. The standard InChI is InChI=1S/C16H31NO4/c18-15(17-21)13-11-9-7-5-3-1-2-4-6-8-10-12-14-16(19)20/h21H,1-14H2,(H,17,18)(H,19,20). The number of carboxylic acid groups (broad SMARTS) is 1. The molecular formula is C16H31NO4. The molecule has 0 saturated carbocycles. The minimum atomic E-state index is -0.688. The van der Waals surface area contributed by atoms with Gasteiger partial charge in [-0.25, -0.2) is 5.48 Å². The summed E-state index contributed by atoms with van der Waals surface area (Å²) in [6.45, 7) is 0. The van der Waals surface area contributed by atoms with Gasteiger partial charge >= 0.3 is 5.97 Å². The summed E-state index contributed by atoms with van der Waals surface area (Å²) in [5, 5.41) is 16.8. The van der Waals surface area contributed by atoms with Crippen LogP contribution in [0.2, 0.25) is 0 Å². The molecule has 0 aromatic heterocycles. The van der Waals surface area contributed by atoms with Crippen LogP contribution < -0.4 is 5.48 Å². The summed E-state index contributed by atoms with van der Waals surface area (Å²) in [6.07, 6.45) is 14.3. The Morgan fingerprint density at radius 2 is 0.952 bits per heavy atom. The summed E-state index contributed by atoms with van der Waals surface area (Å²) >= 11 is 0. The topological polar surface area (TPSA) is 86.6 Å². The fourth-order valence-electron chi connectivity index (χ4n) is 2.39. The van der Waals surface area contributed by atoms with Crippen molar-refractivity contribution >= 4 is 11.9 Å². The highest BCUT2D eigenvalue weighted by Crippen LogP contribution is 2.12. The highest BCUT2D eigenvalue weighted by atomic mass is 16.5. The number of hydrogen-bond donors (Lipinski definition) is 3. The van der Waals surface area contributed by atoms with Crippen LogP contribution in [0.1, 0.15) is 89.9 Å². The fourth-order valence-corrected chi connectivity index (χ4v) is 2.39. The molecule has 0 aromatic rings. The van der Waals surface area contributed by atoms with Crippen molar-refractivity contribution in [3.63, 3.8) is 0 Å².